The normalized spacial score (nSPS) is 14.1. The molecule has 0 aromatic carbocycles. The maximum Gasteiger partial charge on any atom is 0.306 e. The van der Waals surface area contributed by atoms with Crippen LogP contribution < -0.4 is 5.32 Å². The molecule has 0 aliphatic heterocycles. The Morgan fingerprint density at radius 3 is 1.34 bits per heavy atom. The summed E-state index contributed by atoms with van der Waals surface area (Å²) in [7, 11) is 0. The summed E-state index contributed by atoms with van der Waals surface area (Å²) in [5, 5.41) is 23.8. The van der Waals surface area contributed by atoms with Gasteiger partial charge in [-0.2, -0.15) is 0 Å². The van der Waals surface area contributed by atoms with Crippen molar-refractivity contribution < 1.29 is 24.5 Å². The number of carbonyl (C=O) groups is 2. The van der Waals surface area contributed by atoms with Crippen molar-refractivity contribution in [3.05, 3.63) is 97.2 Å². The van der Waals surface area contributed by atoms with Crippen LogP contribution in [0.5, 0.6) is 0 Å². The topological polar surface area (TPSA) is 95.9 Å². The van der Waals surface area contributed by atoms with Crippen LogP contribution in [0.1, 0.15) is 213 Å². The summed E-state index contributed by atoms with van der Waals surface area (Å²) in [5.74, 6) is -0.551. The van der Waals surface area contributed by atoms with Gasteiger partial charge >= 0.3 is 5.97 Å². The highest BCUT2D eigenvalue weighted by Crippen LogP contribution is 2.17. The summed E-state index contributed by atoms with van der Waals surface area (Å²) < 4.78 is 5.90. The van der Waals surface area contributed by atoms with E-state index in [1.807, 2.05) is 42.5 Å². The molecule has 0 radical (unpaired) electrons. The number of nitrogens with one attached hydrogen (secondary N) is 1. The predicted molar refractivity (Wildman–Crippen MR) is 264 cm³/mol. The predicted octanol–water partition coefficient (Wildman–Crippen LogP) is 14.9. The van der Waals surface area contributed by atoms with Gasteiger partial charge in [0, 0.05) is 6.42 Å². The van der Waals surface area contributed by atoms with E-state index in [9.17, 15) is 19.8 Å². The molecule has 0 rings (SSSR count). The Kier molecular flexibility index (Phi) is 45.3. The molecule has 3 N–H and O–H groups in total. The van der Waals surface area contributed by atoms with Gasteiger partial charge in [0.1, 0.15) is 6.10 Å². The number of aliphatic hydroxyl groups excluding tert-OH is 2. The van der Waals surface area contributed by atoms with E-state index < -0.39 is 18.2 Å². The number of hydrogen-bond donors (Lipinski definition) is 3. The Balaban J connectivity index is 4.69. The molecular formula is C55H93NO5. The number of allylic oxidation sites excluding steroid dienone is 16. The lowest BCUT2D eigenvalue weighted by Gasteiger charge is -2.24. The van der Waals surface area contributed by atoms with Crippen LogP contribution in [0.15, 0.2) is 97.2 Å². The number of hydrogen-bond acceptors (Lipinski definition) is 5. The summed E-state index contributed by atoms with van der Waals surface area (Å²) in [5.41, 5.74) is 0. The highest BCUT2D eigenvalue weighted by molar-refractivity contribution is 5.77. The van der Waals surface area contributed by atoms with Gasteiger partial charge < -0.3 is 20.3 Å². The number of rotatable bonds is 43. The van der Waals surface area contributed by atoms with Gasteiger partial charge in [-0.25, -0.2) is 0 Å². The molecule has 0 aromatic heterocycles. The fraction of sp³-hybridized carbons (Fsp3) is 0.673. The second-order valence-electron chi connectivity index (χ2n) is 16.6. The molecule has 0 saturated heterocycles. The average Bonchev–Trinajstić information content (AvgIpc) is 3.25. The Labute approximate surface area is 376 Å². The summed E-state index contributed by atoms with van der Waals surface area (Å²) >= 11 is 0. The second-order valence-corrected chi connectivity index (χ2v) is 16.6. The Morgan fingerprint density at radius 1 is 0.492 bits per heavy atom. The minimum Gasteiger partial charge on any atom is -0.462 e. The SMILES string of the molecule is CC/C=C/C=C/C=C\C=C/C=C/CCCCCC(=O)OC(CCCCCCC/C=C/C=C/C=C/CC)CC(=O)NC(CO)C(O)CCCCCCCCCCCCCCCC. The maximum atomic E-state index is 13.2. The molecule has 0 spiro atoms. The van der Waals surface area contributed by atoms with Crippen molar-refractivity contribution in [3.63, 3.8) is 0 Å². The highest BCUT2D eigenvalue weighted by atomic mass is 16.5. The van der Waals surface area contributed by atoms with E-state index in [1.165, 1.54) is 70.6 Å². The van der Waals surface area contributed by atoms with Gasteiger partial charge in [-0.1, -0.05) is 234 Å². The van der Waals surface area contributed by atoms with Crippen molar-refractivity contribution in [2.45, 2.75) is 232 Å². The van der Waals surface area contributed by atoms with Crippen molar-refractivity contribution >= 4 is 11.9 Å². The van der Waals surface area contributed by atoms with Gasteiger partial charge in [-0.15, -0.1) is 0 Å². The Bertz CT molecular complexity index is 1220. The van der Waals surface area contributed by atoms with Crippen molar-refractivity contribution in [1.82, 2.24) is 5.32 Å². The minimum absolute atomic E-state index is 0.0409. The van der Waals surface area contributed by atoms with Gasteiger partial charge in [0.25, 0.3) is 0 Å². The standard InChI is InChI=1S/C55H93NO5/c1-4-7-10-13-16-19-22-25-27-30-33-36-39-42-45-48-55(60)61-51(46-43-40-37-34-31-28-24-21-18-15-12-9-6-3)49-54(59)56-52(50-57)53(58)47-44-41-38-35-32-29-26-23-20-17-14-11-8-5-2/h7,9-10,12-13,15-16,18-19,21-22,24-25,27,30,33,51-53,57-58H,4-6,8,11,14,17,20,23,26,28-29,31-32,34-50H2,1-3H3,(H,56,59)/b10-7+,12-9+,16-13+,18-15+,22-19-,24-21+,27-25-,33-30+. The molecule has 0 aromatic rings. The third kappa shape index (κ3) is 43.2. The molecule has 0 heterocycles. The molecule has 61 heavy (non-hydrogen) atoms. The van der Waals surface area contributed by atoms with E-state index in [0.717, 1.165) is 96.3 Å². The monoisotopic (exact) mass is 848 g/mol. The maximum absolute atomic E-state index is 13.2. The van der Waals surface area contributed by atoms with Crippen LogP contribution in [-0.2, 0) is 14.3 Å². The van der Waals surface area contributed by atoms with Crippen LogP contribution in [0, 0.1) is 0 Å². The Morgan fingerprint density at radius 2 is 0.885 bits per heavy atom. The lowest BCUT2D eigenvalue weighted by atomic mass is 10.0. The first-order chi connectivity index (χ1) is 30.0. The number of aliphatic hydroxyl groups is 2. The van der Waals surface area contributed by atoms with E-state index in [-0.39, 0.29) is 24.9 Å². The van der Waals surface area contributed by atoms with E-state index in [1.54, 1.807) is 0 Å². The van der Waals surface area contributed by atoms with Crippen LogP contribution in [0.2, 0.25) is 0 Å². The summed E-state index contributed by atoms with van der Waals surface area (Å²) in [6, 6.07) is -0.723. The molecule has 0 fully saturated rings. The Hall–Kier alpha value is -3.22. The average molecular weight is 848 g/mol. The van der Waals surface area contributed by atoms with E-state index in [4.69, 9.17) is 4.74 Å². The molecule has 3 atom stereocenters. The van der Waals surface area contributed by atoms with E-state index in [2.05, 4.69) is 80.8 Å². The van der Waals surface area contributed by atoms with E-state index >= 15 is 0 Å². The smallest absolute Gasteiger partial charge is 0.306 e. The summed E-state index contributed by atoms with van der Waals surface area (Å²) in [4.78, 5) is 26.1. The second kappa shape index (κ2) is 47.8. The van der Waals surface area contributed by atoms with Crippen LogP contribution in [0.4, 0.5) is 0 Å². The van der Waals surface area contributed by atoms with Gasteiger partial charge in [0.15, 0.2) is 0 Å². The van der Waals surface area contributed by atoms with Gasteiger partial charge in [0.05, 0.1) is 25.2 Å². The molecule has 1 amide bonds. The molecule has 0 aliphatic rings. The quantitative estimate of drug-likeness (QED) is 0.0323. The summed E-state index contributed by atoms with van der Waals surface area (Å²) in [6.07, 6.45) is 63.2. The largest absolute Gasteiger partial charge is 0.462 e. The van der Waals surface area contributed by atoms with Crippen molar-refractivity contribution in [1.29, 1.82) is 0 Å². The zero-order valence-electron chi connectivity index (χ0n) is 39.5. The van der Waals surface area contributed by atoms with Crippen LogP contribution in [-0.4, -0.2) is 46.9 Å². The van der Waals surface area contributed by atoms with Crippen molar-refractivity contribution in [3.8, 4) is 0 Å². The first-order valence-corrected chi connectivity index (χ1v) is 25.1. The van der Waals surface area contributed by atoms with E-state index in [0.29, 0.717) is 19.3 Å². The number of amides is 1. The zero-order chi connectivity index (χ0) is 44.5. The van der Waals surface area contributed by atoms with Crippen LogP contribution in [0.3, 0.4) is 0 Å². The molecule has 0 saturated carbocycles. The highest BCUT2D eigenvalue weighted by Gasteiger charge is 2.24. The van der Waals surface area contributed by atoms with Crippen LogP contribution in [0.25, 0.3) is 0 Å². The molecule has 0 aliphatic carbocycles. The number of carbonyl (C=O) groups excluding carboxylic acids is 2. The number of esters is 1. The third-order valence-corrected chi connectivity index (χ3v) is 10.8. The molecule has 6 heteroatoms. The molecule has 6 nitrogen and oxygen atoms in total. The summed E-state index contributed by atoms with van der Waals surface area (Å²) in [6.45, 7) is 6.19. The van der Waals surface area contributed by atoms with Gasteiger partial charge in [-0.3, -0.25) is 9.59 Å². The van der Waals surface area contributed by atoms with Crippen molar-refractivity contribution in [2.24, 2.45) is 0 Å². The number of unbranched alkanes of at least 4 members (excludes halogenated alkanes) is 21. The molecular weight excluding hydrogens is 755 g/mol. The lowest BCUT2D eigenvalue weighted by molar-refractivity contribution is -0.151. The van der Waals surface area contributed by atoms with Gasteiger partial charge in [-0.05, 0) is 64.2 Å². The third-order valence-electron chi connectivity index (χ3n) is 10.8. The fourth-order valence-electron chi connectivity index (χ4n) is 7.10. The molecule has 348 valence electrons. The minimum atomic E-state index is -0.806. The van der Waals surface area contributed by atoms with Crippen molar-refractivity contribution in [2.75, 3.05) is 6.61 Å². The molecule has 3 unspecified atom stereocenters. The van der Waals surface area contributed by atoms with Gasteiger partial charge in [0.2, 0.25) is 5.91 Å². The number of ether oxygens (including phenoxy) is 1. The first kappa shape index (κ1) is 57.8. The lowest BCUT2D eigenvalue weighted by Crippen LogP contribution is -2.46. The molecule has 0 bridgehead atoms. The zero-order valence-corrected chi connectivity index (χ0v) is 39.5. The first-order valence-electron chi connectivity index (χ1n) is 25.1. The van der Waals surface area contributed by atoms with Crippen LogP contribution >= 0.6 is 0 Å². The fourth-order valence-corrected chi connectivity index (χ4v) is 7.10.